The number of hydrogen-bond acceptors (Lipinski definition) is 4. The van der Waals surface area contributed by atoms with Gasteiger partial charge in [0.25, 0.3) is 0 Å². The fourth-order valence-corrected chi connectivity index (χ4v) is 3.37. The lowest BCUT2D eigenvalue weighted by molar-refractivity contribution is -0.0115. The summed E-state index contributed by atoms with van der Waals surface area (Å²) in [6, 6.07) is 5.96. The van der Waals surface area contributed by atoms with E-state index >= 15 is 0 Å². The third-order valence-corrected chi connectivity index (χ3v) is 4.60. The normalized spacial score (nSPS) is 27.0. The summed E-state index contributed by atoms with van der Waals surface area (Å²) in [5.74, 6) is 2.52. The second-order valence-corrected chi connectivity index (χ2v) is 6.17. The monoisotopic (exact) mass is 291 g/mol. The van der Waals surface area contributed by atoms with Gasteiger partial charge in [-0.1, -0.05) is 6.92 Å². The van der Waals surface area contributed by atoms with Gasteiger partial charge in [-0.15, -0.1) is 0 Å². The second kappa shape index (κ2) is 6.24. The number of aliphatic hydroxyl groups excluding tert-OH is 1. The van der Waals surface area contributed by atoms with E-state index in [1.54, 1.807) is 0 Å². The minimum absolute atomic E-state index is 0.0293. The number of fused-ring (bicyclic) bond motifs is 1. The van der Waals surface area contributed by atoms with Crippen LogP contribution in [0.1, 0.15) is 38.3 Å². The van der Waals surface area contributed by atoms with Crippen molar-refractivity contribution in [1.82, 2.24) is 4.90 Å². The van der Waals surface area contributed by atoms with E-state index in [-0.39, 0.29) is 6.04 Å². The lowest BCUT2D eigenvalue weighted by Crippen LogP contribution is -2.45. The zero-order valence-electron chi connectivity index (χ0n) is 12.9. The van der Waals surface area contributed by atoms with Crippen LogP contribution in [0.4, 0.5) is 0 Å². The Morgan fingerprint density at radius 3 is 2.81 bits per heavy atom. The molecule has 0 aromatic heterocycles. The molecular formula is C17H25NO3. The molecule has 0 bridgehead atoms. The molecule has 1 aromatic carbocycles. The Hall–Kier alpha value is -1.26. The van der Waals surface area contributed by atoms with Gasteiger partial charge in [0.05, 0.1) is 12.6 Å². The molecule has 2 unspecified atom stereocenters. The number of ether oxygens (including phenoxy) is 2. The van der Waals surface area contributed by atoms with E-state index in [1.807, 2.05) is 25.1 Å². The zero-order valence-corrected chi connectivity index (χ0v) is 12.9. The van der Waals surface area contributed by atoms with E-state index in [0.29, 0.717) is 13.2 Å². The molecule has 0 radical (unpaired) electrons. The first kappa shape index (κ1) is 14.7. The Morgan fingerprint density at radius 1 is 1.33 bits per heavy atom. The van der Waals surface area contributed by atoms with Gasteiger partial charge in [0, 0.05) is 5.56 Å². The smallest absolute Gasteiger partial charge is 0.124 e. The van der Waals surface area contributed by atoms with Crippen molar-refractivity contribution in [2.45, 2.75) is 38.8 Å². The van der Waals surface area contributed by atoms with Crippen LogP contribution in [0.2, 0.25) is 0 Å². The van der Waals surface area contributed by atoms with Crippen molar-refractivity contribution >= 4 is 0 Å². The van der Waals surface area contributed by atoms with E-state index in [0.717, 1.165) is 36.1 Å². The molecule has 3 rings (SSSR count). The van der Waals surface area contributed by atoms with Gasteiger partial charge in [-0.25, -0.2) is 0 Å². The number of nitrogens with zero attached hydrogens (tertiary/aromatic N) is 1. The van der Waals surface area contributed by atoms with Gasteiger partial charge in [-0.3, -0.25) is 4.90 Å². The van der Waals surface area contributed by atoms with Gasteiger partial charge in [0.15, 0.2) is 0 Å². The van der Waals surface area contributed by atoms with Gasteiger partial charge in [0.1, 0.15) is 24.2 Å². The molecule has 0 aliphatic carbocycles. The molecule has 2 heterocycles. The van der Waals surface area contributed by atoms with Crippen molar-refractivity contribution in [1.29, 1.82) is 0 Å². The Balaban J connectivity index is 1.88. The molecule has 0 amide bonds. The molecular weight excluding hydrogens is 266 g/mol. The van der Waals surface area contributed by atoms with Crippen LogP contribution in [0, 0.1) is 5.92 Å². The van der Waals surface area contributed by atoms with Crippen molar-refractivity contribution in [3.05, 3.63) is 23.8 Å². The van der Waals surface area contributed by atoms with Crippen LogP contribution >= 0.6 is 0 Å². The first-order valence-corrected chi connectivity index (χ1v) is 8.00. The van der Waals surface area contributed by atoms with Crippen LogP contribution < -0.4 is 9.47 Å². The summed E-state index contributed by atoms with van der Waals surface area (Å²) in [5, 5.41) is 10.4. The van der Waals surface area contributed by atoms with Crippen molar-refractivity contribution < 1.29 is 14.6 Å². The zero-order chi connectivity index (χ0) is 14.8. The minimum atomic E-state index is -0.470. The molecule has 1 aromatic rings. The highest BCUT2D eigenvalue weighted by Gasteiger charge is 2.35. The number of piperidine rings is 1. The Kier molecular flexibility index (Phi) is 4.36. The Bertz CT molecular complexity index is 483. The summed E-state index contributed by atoms with van der Waals surface area (Å²) in [7, 11) is 0. The molecule has 2 aliphatic heterocycles. The first-order valence-electron chi connectivity index (χ1n) is 8.00. The Morgan fingerprint density at radius 2 is 2.10 bits per heavy atom. The van der Waals surface area contributed by atoms with Crippen LogP contribution in [0.25, 0.3) is 0 Å². The third kappa shape index (κ3) is 3.01. The molecule has 1 saturated heterocycles. The Labute approximate surface area is 126 Å². The maximum absolute atomic E-state index is 10.4. The number of rotatable bonds is 3. The lowest BCUT2D eigenvalue weighted by Gasteiger charge is -2.41. The van der Waals surface area contributed by atoms with Gasteiger partial charge >= 0.3 is 0 Å². The molecule has 116 valence electrons. The van der Waals surface area contributed by atoms with Gasteiger partial charge < -0.3 is 14.6 Å². The minimum Gasteiger partial charge on any atom is -0.494 e. The predicted octanol–water partition coefficient (Wildman–Crippen LogP) is 2.61. The van der Waals surface area contributed by atoms with Crippen LogP contribution in [-0.4, -0.2) is 42.4 Å². The SMILES string of the molecule is CCOc1ccc2c(c1)C(N1CCC(C)CC1)C(O)CO2. The predicted molar refractivity (Wildman–Crippen MR) is 81.8 cm³/mol. The molecule has 1 N–H and O–H groups in total. The topological polar surface area (TPSA) is 41.9 Å². The van der Waals surface area contributed by atoms with E-state index in [4.69, 9.17) is 9.47 Å². The molecule has 21 heavy (non-hydrogen) atoms. The maximum Gasteiger partial charge on any atom is 0.124 e. The highest BCUT2D eigenvalue weighted by molar-refractivity contribution is 5.44. The first-order chi connectivity index (χ1) is 10.2. The van der Waals surface area contributed by atoms with Crippen LogP contribution in [0.15, 0.2) is 18.2 Å². The fraction of sp³-hybridized carbons (Fsp3) is 0.647. The fourth-order valence-electron chi connectivity index (χ4n) is 3.37. The van der Waals surface area contributed by atoms with Crippen LogP contribution in [-0.2, 0) is 0 Å². The summed E-state index contributed by atoms with van der Waals surface area (Å²) in [6.07, 6.45) is 1.93. The van der Waals surface area contributed by atoms with Crippen molar-refractivity contribution in [2.75, 3.05) is 26.3 Å². The lowest BCUT2D eigenvalue weighted by atomic mass is 9.92. The largest absolute Gasteiger partial charge is 0.494 e. The highest BCUT2D eigenvalue weighted by Crippen LogP contribution is 2.39. The van der Waals surface area contributed by atoms with Crippen molar-refractivity contribution in [3.8, 4) is 11.5 Å². The molecule has 4 heteroatoms. The third-order valence-electron chi connectivity index (χ3n) is 4.60. The van der Waals surface area contributed by atoms with E-state index < -0.39 is 6.10 Å². The number of likely N-dealkylation sites (tertiary alicyclic amines) is 1. The average Bonchev–Trinajstić information content (AvgIpc) is 2.49. The molecule has 0 spiro atoms. The highest BCUT2D eigenvalue weighted by atomic mass is 16.5. The van der Waals surface area contributed by atoms with Crippen molar-refractivity contribution in [2.24, 2.45) is 5.92 Å². The quantitative estimate of drug-likeness (QED) is 0.929. The van der Waals surface area contributed by atoms with E-state index in [2.05, 4.69) is 11.8 Å². The molecule has 0 saturated carbocycles. The van der Waals surface area contributed by atoms with Gasteiger partial charge in [-0.05, 0) is 57.0 Å². The maximum atomic E-state index is 10.4. The number of hydrogen-bond donors (Lipinski definition) is 1. The average molecular weight is 291 g/mol. The summed E-state index contributed by atoms with van der Waals surface area (Å²) in [4.78, 5) is 2.40. The molecule has 4 nitrogen and oxygen atoms in total. The van der Waals surface area contributed by atoms with E-state index in [9.17, 15) is 5.11 Å². The van der Waals surface area contributed by atoms with Crippen LogP contribution in [0.5, 0.6) is 11.5 Å². The van der Waals surface area contributed by atoms with Crippen LogP contribution in [0.3, 0.4) is 0 Å². The summed E-state index contributed by atoms with van der Waals surface area (Å²) < 4.78 is 11.3. The standard InChI is InChI=1S/C17H25NO3/c1-3-20-13-4-5-16-14(10-13)17(15(19)11-21-16)18-8-6-12(2)7-9-18/h4-5,10,12,15,17,19H,3,6-9,11H2,1-2H3. The molecule has 2 atom stereocenters. The molecule has 2 aliphatic rings. The number of benzene rings is 1. The molecule has 1 fully saturated rings. The van der Waals surface area contributed by atoms with Crippen molar-refractivity contribution in [3.63, 3.8) is 0 Å². The summed E-state index contributed by atoms with van der Waals surface area (Å²) in [6.45, 7) is 7.39. The van der Waals surface area contributed by atoms with Gasteiger partial charge in [0.2, 0.25) is 0 Å². The number of aliphatic hydroxyl groups is 1. The summed E-state index contributed by atoms with van der Waals surface area (Å²) >= 11 is 0. The van der Waals surface area contributed by atoms with Gasteiger partial charge in [-0.2, -0.15) is 0 Å². The van der Waals surface area contributed by atoms with E-state index in [1.165, 1.54) is 12.8 Å². The second-order valence-electron chi connectivity index (χ2n) is 6.17. The summed E-state index contributed by atoms with van der Waals surface area (Å²) in [5.41, 5.74) is 1.06.